The molecule has 0 bridgehead atoms. The molecule has 8 heteroatoms. The first-order chi connectivity index (χ1) is 11.4. The molecule has 0 fully saturated rings. The van der Waals surface area contributed by atoms with Gasteiger partial charge in [-0.15, -0.1) is 11.3 Å². The number of ether oxygens (including phenoxy) is 1. The molecular weight excluding hydrogens is 342 g/mol. The summed E-state index contributed by atoms with van der Waals surface area (Å²) >= 11 is 1.57. The van der Waals surface area contributed by atoms with Crippen molar-refractivity contribution in [3.8, 4) is 0 Å². The first-order valence-corrected chi connectivity index (χ1v) is 9.28. The minimum absolute atomic E-state index is 0.345. The van der Waals surface area contributed by atoms with Gasteiger partial charge < -0.3 is 25.2 Å². The smallest absolute Gasteiger partial charge is 0.317 e. The first kappa shape index (κ1) is 21.8. The van der Waals surface area contributed by atoms with E-state index in [9.17, 15) is 15.0 Å². The lowest BCUT2D eigenvalue weighted by Crippen LogP contribution is -2.54. The zero-order valence-electron chi connectivity index (χ0n) is 16.1. The number of thiazole rings is 1. The van der Waals surface area contributed by atoms with Gasteiger partial charge in [0.1, 0.15) is 6.04 Å². The highest BCUT2D eigenvalue weighted by atomic mass is 32.1. The number of urea groups is 1. The lowest BCUT2D eigenvalue weighted by molar-refractivity contribution is -0.133. The van der Waals surface area contributed by atoms with Gasteiger partial charge in [-0.1, -0.05) is 13.8 Å². The lowest BCUT2D eigenvalue weighted by atomic mass is 10.1. The van der Waals surface area contributed by atoms with Crippen LogP contribution in [0.15, 0.2) is 5.38 Å². The summed E-state index contributed by atoms with van der Waals surface area (Å²) in [5, 5.41) is 24.8. The van der Waals surface area contributed by atoms with Crippen LogP contribution in [0.25, 0.3) is 0 Å². The molecule has 25 heavy (non-hydrogen) atoms. The van der Waals surface area contributed by atoms with E-state index in [-0.39, 0.29) is 0 Å². The van der Waals surface area contributed by atoms with E-state index in [2.05, 4.69) is 24.1 Å². The Balaban J connectivity index is 2.69. The van der Waals surface area contributed by atoms with E-state index in [0.29, 0.717) is 12.5 Å². The quantitative estimate of drug-likeness (QED) is 0.638. The summed E-state index contributed by atoms with van der Waals surface area (Å²) in [4.78, 5) is 18.3. The van der Waals surface area contributed by atoms with Crippen LogP contribution < -0.4 is 5.32 Å². The number of hydrogen-bond donors (Lipinski definition) is 3. The van der Waals surface area contributed by atoms with Crippen molar-refractivity contribution in [1.82, 2.24) is 15.2 Å². The van der Waals surface area contributed by atoms with Crippen LogP contribution in [-0.2, 0) is 11.3 Å². The second-order valence-corrected chi connectivity index (χ2v) is 8.40. The van der Waals surface area contributed by atoms with Gasteiger partial charge in [-0.25, -0.2) is 9.78 Å². The summed E-state index contributed by atoms with van der Waals surface area (Å²) in [7, 11) is 1.64. The van der Waals surface area contributed by atoms with E-state index in [1.54, 1.807) is 25.3 Å². The molecule has 3 N–H and O–H groups in total. The van der Waals surface area contributed by atoms with Crippen LogP contribution in [0.3, 0.4) is 0 Å². The Bertz CT molecular complexity index is 554. The Kier molecular flexibility index (Phi) is 7.80. The van der Waals surface area contributed by atoms with Gasteiger partial charge in [0.25, 0.3) is 0 Å². The van der Waals surface area contributed by atoms with Gasteiger partial charge in [0.15, 0.2) is 6.29 Å². The van der Waals surface area contributed by atoms with Crippen LogP contribution in [0.1, 0.15) is 58.2 Å². The number of carbonyl (C=O) groups is 1. The van der Waals surface area contributed by atoms with E-state index in [1.807, 2.05) is 26.2 Å². The van der Waals surface area contributed by atoms with Crippen LogP contribution in [-0.4, -0.2) is 57.2 Å². The largest absolute Gasteiger partial charge is 0.371 e. The minimum Gasteiger partial charge on any atom is -0.371 e. The Labute approximate surface area is 154 Å². The van der Waals surface area contributed by atoms with Crippen molar-refractivity contribution in [3.05, 3.63) is 16.1 Å². The van der Waals surface area contributed by atoms with Crippen molar-refractivity contribution >= 4 is 17.4 Å². The standard InChI is InChI=1S/C17H31N3O4S/c1-10(2)14-18-12(9-25-14)8-20(7)16(23)19-13(15(21)22)11(3)24-17(4,5)6/h9-11,13,15,21-22H,8H2,1-7H3,(H,19,23)/t11?,13-/m1/s1. The average molecular weight is 374 g/mol. The Morgan fingerprint density at radius 2 is 1.96 bits per heavy atom. The summed E-state index contributed by atoms with van der Waals surface area (Å²) in [6, 6.07) is -1.35. The second-order valence-electron chi connectivity index (χ2n) is 7.51. The molecule has 2 amide bonds. The van der Waals surface area contributed by atoms with Crippen molar-refractivity contribution in [2.75, 3.05) is 7.05 Å². The summed E-state index contributed by atoms with van der Waals surface area (Å²) in [6.45, 7) is 11.8. The molecule has 0 aliphatic heterocycles. The van der Waals surface area contributed by atoms with E-state index < -0.39 is 30.1 Å². The molecule has 1 rings (SSSR count). The van der Waals surface area contributed by atoms with Crippen LogP contribution in [0.4, 0.5) is 4.79 Å². The van der Waals surface area contributed by atoms with E-state index in [1.165, 1.54) is 4.90 Å². The highest BCUT2D eigenvalue weighted by molar-refractivity contribution is 7.09. The number of aromatic nitrogens is 1. The van der Waals surface area contributed by atoms with E-state index in [4.69, 9.17) is 4.74 Å². The Morgan fingerprint density at radius 3 is 2.40 bits per heavy atom. The third-order valence-corrected chi connectivity index (χ3v) is 4.66. The molecule has 0 spiro atoms. The van der Waals surface area contributed by atoms with Crippen molar-refractivity contribution in [1.29, 1.82) is 0 Å². The average Bonchev–Trinajstić information content (AvgIpc) is 2.90. The Morgan fingerprint density at radius 1 is 1.36 bits per heavy atom. The Hall–Kier alpha value is -1.22. The van der Waals surface area contributed by atoms with Crippen LogP contribution in [0.5, 0.6) is 0 Å². The van der Waals surface area contributed by atoms with Crippen LogP contribution in [0.2, 0.25) is 0 Å². The highest BCUT2D eigenvalue weighted by Gasteiger charge is 2.30. The number of rotatable bonds is 7. The highest BCUT2D eigenvalue weighted by Crippen LogP contribution is 2.20. The predicted molar refractivity (Wildman–Crippen MR) is 98.5 cm³/mol. The van der Waals surface area contributed by atoms with Crippen LogP contribution >= 0.6 is 11.3 Å². The molecule has 1 heterocycles. The van der Waals surface area contributed by atoms with E-state index in [0.717, 1.165) is 10.7 Å². The van der Waals surface area contributed by atoms with Gasteiger partial charge in [0, 0.05) is 18.3 Å². The maximum Gasteiger partial charge on any atom is 0.317 e. The van der Waals surface area contributed by atoms with Crippen molar-refractivity contribution < 1.29 is 19.7 Å². The number of hydrogen-bond acceptors (Lipinski definition) is 6. The fourth-order valence-electron chi connectivity index (χ4n) is 2.29. The third-order valence-electron chi connectivity index (χ3n) is 3.47. The summed E-state index contributed by atoms with van der Waals surface area (Å²) in [6.07, 6.45) is -2.29. The lowest BCUT2D eigenvalue weighted by Gasteiger charge is -2.33. The molecule has 0 aliphatic rings. The second kappa shape index (κ2) is 8.93. The molecule has 144 valence electrons. The molecule has 1 aromatic heterocycles. The van der Waals surface area contributed by atoms with Gasteiger partial charge in [-0.2, -0.15) is 0 Å². The van der Waals surface area contributed by atoms with Gasteiger partial charge in [-0.3, -0.25) is 0 Å². The number of nitrogens with zero attached hydrogens (tertiary/aromatic N) is 2. The monoisotopic (exact) mass is 373 g/mol. The molecule has 1 unspecified atom stereocenters. The van der Waals surface area contributed by atoms with E-state index >= 15 is 0 Å². The molecule has 1 aromatic rings. The maximum absolute atomic E-state index is 12.4. The molecule has 0 aromatic carbocycles. The van der Waals surface area contributed by atoms with Crippen molar-refractivity contribution in [3.63, 3.8) is 0 Å². The molecule has 0 aliphatic carbocycles. The SMILES string of the molecule is CC(C)c1nc(CN(C)C(=O)N[C@@H](C(O)O)C(C)OC(C)(C)C)cs1. The molecule has 2 atom stereocenters. The number of amides is 2. The summed E-state index contributed by atoms with van der Waals surface area (Å²) in [5.41, 5.74) is 0.350. The van der Waals surface area contributed by atoms with Gasteiger partial charge in [0.05, 0.1) is 29.0 Å². The number of carbonyl (C=O) groups excluding carboxylic acids is 1. The number of aliphatic hydroxyl groups excluding tert-OH is 1. The van der Waals surface area contributed by atoms with Crippen LogP contribution in [0, 0.1) is 0 Å². The van der Waals surface area contributed by atoms with Crippen molar-refractivity contribution in [2.24, 2.45) is 0 Å². The molecular formula is C17H31N3O4S. The normalized spacial score (nSPS) is 14.7. The third kappa shape index (κ3) is 7.27. The van der Waals surface area contributed by atoms with Gasteiger partial charge >= 0.3 is 6.03 Å². The fraction of sp³-hybridized carbons (Fsp3) is 0.765. The minimum atomic E-state index is -1.72. The number of aliphatic hydroxyl groups is 2. The zero-order chi connectivity index (χ0) is 19.4. The summed E-state index contributed by atoms with van der Waals surface area (Å²) in [5.74, 6) is 0.349. The fourth-order valence-corrected chi connectivity index (χ4v) is 3.12. The topological polar surface area (TPSA) is 94.9 Å². The zero-order valence-corrected chi connectivity index (χ0v) is 16.9. The van der Waals surface area contributed by atoms with Gasteiger partial charge in [-0.05, 0) is 27.7 Å². The molecule has 0 saturated carbocycles. The molecule has 7 nitrogen and oxygen atoms in total. The first-order valence-electron chi connectivity index (χ1n) is 8.40. The molecule has 0 saturated heterocycles. The van der Waals surface area contributed by atoms with Crippen molar-refractivity contribution in [2.45, 2.75) is 78.0 Å². The number of nitrogens with one attached hydrogen (secondary N) is 1. The molecule has 0 radical (unpaired) electrons. The summed E-state index contributed by atoms with van der Waals surface area (Å²) < 4.78 is 5.73. The van der Waals surface area contributed by atoms with Gasteiger partial charge in [0.2, 0.25) is 0 Å². The predicted octanol–water partition coefficient (Wildman–Crippen LogP) is 2.29. The maximum atomic E-state index is 12.4.